The number of nitrogens with zero attached hydrogens (tertiary/aromatic N) is 2. The number of methoxy groups -OCH3 is 1. The van der Waals surface area contributed by atoms with Crippen LogP contribution in [0.5, 0.6) is 0 Å². The molecule has 2 heterocycles. The highest BCUT2D eigenvalue weighted by molar-refractivity contribution is 7.18. The molecule has 6 nitrogen and oxygen atoms in total. The molecule has 1 atom stereocenters. The first-order chi connectivity index (χ1) is 11.5. The summed E-state index contributed by atoms with van der Waals surface area (Å²) < 4.78 is 6.81. The number of carbonyl (C=O) groups is 1. The molecule has 0 bridgehead atoms. The number of rotatable bonds is 5. The normalized spacial score (nSPS) is 17.4. The van der Waals surface area contributed by atoms with E-state index in [1.807, 2.05) is 13.8 Å². The summed E-state index contributed by atoms with van der Waals surface area (Å²) in [4.78, 5) is 31.2. The molecular formula is C17H22N2O4S. The lowest BCUT2D eigenvalue weighted by Crippen LogP contribution is -2.28. The second kappa shape index (κ2) is 6.64. The first-order valence-corrected chi connectivity index (χ1v) is 9.05. The van der Waals surface area contributed by atoms with E-state index in [0.717, 1.165) is 17.7 Å². The van der Waals surface area contributed by atoms with E-state index in [1.165, 1.54) is 11.3 Å². The van der Waals surface area contributed by atoms with E-state index in [2.05, 4.69) is 0 Å². The summed E-state index contributed by atoms with van der Waals surface area (Å²) in [5.41, 5.74) is 0.589. The Labute approximate surface area is 144 Å². The number of thiophene rings is 1. The van der Waals surface area contributed by atoms with Crippen molar-refractivity contribution in [2.45, 2.75) is 51.5 Å². The lowest BCUT2D eigenvalue weighted by atomic mass is 9.86. The Kier molecular flexibility index (Phi) is 4.73. The number of aryl methyl sites for hydroxylation is 1. The van der Waals surface area contributed by atoms with Gasteiger partial charge >= 0.3 is 5.97 Å². The maximum absolute atomic E-state index is 13.2. The molecule has 2 aromatic heterocycles. The molecule has 0 saturated carbocycles. The molecule has 0 amide bonds. The second-order valence-corrected chi connectivity index (χ2v) is 7.53. The summed E-state index contributed by atoms with van der Waals surface area (Å²) >= 11 is 1.47. The number of fused-ring (bicyclic) bond motifs is 3. The minimum atomic E-state index is -0.852. The molecule has 0 spiro atoms. The predicted molar refractivity (Wildman–Crippen MR) is 93.2 cm³/mol. The van der Waals surface area contributed by atoms with Crippen molar-refractivity contribution >= 4 is 27.5 Å². The van der Waals surface area contributed by atoms with Gasteiger partial charge in [-0.05, 0) is 38.7 Å². The maximum Gasteiger partial charge on any atom is 0.311 e. The molecule has 0 fully saturated rings. The summed E-state index contributed by atoms with van der Waals surface area (Å²) in [5.74, 6) is -0.744. The van der Waals surface area contributed by atoms with Crippen molar-refractivity contribution < 1.29 is 14.6 Å². The first kappa shape index (κ1) is 17.1. The average Bonchev–Trinajstić information content (AvgIpc) is 2.90. The maximum atomic E-state index is 13.2. The molecule has 0 radical (unpaired) electrons. The van der Waals surface area contributed by atoms with Gasteiger partial charge < -0.3 is 9.84 Å². The Bertz CT molecular complexity index is 837. The second-order valence-electron chi connectivity index (χ2n) is 6.44. The molecule has 7 heteroatoms. The van der Waals surface area contributed by atoms with E-state index >= 15 is 0 Å². The van der Waals surface area contributed by atoms with Crippen LogP contribution in [0, 0.1) is 0 Å². The summed E-state index contributed by atoms with van der Waals surface area (Å²) in [5, 5.41) is 10.1. The number of ether oxygens (including phenoxy) is 1. The Morgan fingerprint density at radius 2 is 2.25 bits per heavy atom. The van der Waals surface area contributed by atoms with Gasteiger partial charge in [0, 0.05) is 24.4 Å². The number of hydrogen-bond acceptors (Lipinski definition) is 5. The monoisotopic (exact) mass is 350 g/mol. The number of aliphatic carboxylic acids is 1. The van der Waals surface area contributed by atoms with Gasteiger partial charge in [-0.1, -0.05) is 0 Å². The predicted octanol–water partition coefficient (Wildman–Crippen LogP) is 2.73. The zero-order chi connectivity index (χ0) is 17.4. The summed E-state index contributed by atoms with van der Waals surface area (Å²) in [7, 11) is 1.62. The number of hydrogen-bond donors (Lipinski definition) is 1. The van der Waals surface area contributed by atoms with E-state index in [0.29, 0.717) is 41.1 Å². The van der Waals surface area contributed by atoms with Gasteiger partial charge in [-0.25, -0.2) is 4.98 Å². The van der Waals surface area contributed by atoms with Crippen LogP contribution in [0.1, 0.15) is 54.9 Å². The number of aromatic nitrogens is 2. The van der Waals surface area contributed by atoms with E-state index in [-0.39, 0.29) is 11.6 Å². The molecular weight excluding hydrogens is 328 g/mol. The topological polar surface area (TPSA) is 81.4 Å². The first-order valence-electron chi connectivity index (χ1n) is 8.24. The molecule has 130 valence electrons. The molecule has 24 heavy (non-hydrogen) atoms. The Morgan fingerprint density at radius 3 is 2.88 bits per heavy atom. The van der Waals surface area contributed by atoms with Gasteiger partial charge in [0.15, 0.2) is 0 Å². The van der Waals surface area contributed by atoms with Crippen molar-refractivity contribution in [2.24, 2.45) is 0 Å². The fraction of sp³-hybridized carbons (Fsp3) is 0.588. The van der Waals surface area contributed by atoms with Crippen molar-refractivity contribution in [3.8, 4) is 0 Å². The van der Waals surface area contributed by atoms with Gasteiger partial charge in [0.25, 0.3) is 5.56 Å². The summed E-state index contributed by atoms with van der Waals surface area (Å²) in [6.45, 7) is 4.38. The van der Waals surface area contributed by atoms with Crippen LogP contribution >= 0.6 is 11.3 Å². The summed E-state index contributed by atoms with van der Waals surface area (Å²) in [6, 6.07) is -0.0383. The Morgan fingerprint density at radius 1 is 1.50 bits per heavy atom. The minimum absolute atomic E-state index is 0.0383. The highest BCUT2D eigenvalue weighted by atomic mass is 32.1. The molecule has 2 aromatic rings. The third kappa shape index (κ3) is 2.75. The van der Waals surface area contributed by atoms with Crippen molar-refractivity contribution in [1.82, 2.24) is 9.55 Å². The molecule has 0 aromatic carbocycles. The number of carboxylic acid groups (broad SMARTS) is 1. The Balaban J connectivity index is 2.29. The van der Waals surface area contributed by atoms with E-state index in [4.69, 9.17) is 9.72 Å². The van der Waals surface area contributed by atoms with Gasteiger partial charge in [-0.3, -0.25) is 14.2 Å². The SMILES string of the molecule is COCCc1nc2sc3c(c2c(=O)n1C(C)C)C(C(=O)O)CCC3. The van der Waals surface area contributed by atoms with Gasteiger partial charge in [0.2, 0.25) is 0 Å². The van der Waals surface area contributed by atoms with Crippen LogP contribution in [0.2, 0.25) is 0 Å². The molecule has 0 saturated heterocycles. The average molecular weight is 350 g/mol. The van der Waals surface area contributed by atoms with Gasteiger partial charge in [-0.2, -0.15) is 0 Å². The van der Waals surface area contributed by atoms with E-state index in [1.54, 1.807) is 11.7 Å². The van der Waals surface area contributed by atoms with Gasteiger partial charge in [-0.15, -0.1) is 11.3 Å². The largest absolute Gasteiger partial charge is 0.481 e. The molecule has 0 aliphatic heterocycles. The van der Waals surface area contributed by atoms with Gasteiger partial charge in [0.05, 0.1) is 17.9 Å². The van der Waals surface area contributed by atoms with Crippen LogP contribution in [0.15, 0.2) is 4.79 Å². The van der Waals surface area contributed by atoms with Crippen LogP contribution in [-0.2, 0) is 22.4 Å². The minimum Gasteiger partial charge on any atom is -0.481 e. The zero-order valence-electron chi connectivity index (χ0n) is 14.2. The third-order valence-electron chi connectivity index (χ3n) is 4.53. The molecule has 1 unspecified atom stereocenters. The fourth-order valence-corrected chi connectivity index (χ4v) is 4.77. The quantitative estimate of drug-likeness (QED) is 0.897. The third-order valence-corrected chi connectivity index (χ3v) is 5.69. The van der Waals surface area contributed by atoms with Crippen LogP contribution < -0.4 is 5.56 Å². The molecule has 1 N–H and O–H groups in total. The smallest absolute Gasteiger partial charge is 0.311 e. The van der Waals surface area contributed by atoms with Gasteiger partial charge in [0.1, 0.15) is 10.7 Å². The van der Waals surface area contributed by atoms with Crippen molar-refractivity contribution in [1.29, 1.82) is 0 Å². The van der Waals surface area contributed by atoms with Crippen LogP contribution in [0.25, 0.3) is 10.2 Å². The van der Waals surface area contributed by atoms with E-state index < -0.39 is 11.9 Å². The standard InChI is InChI=1S/C17H22N2O4S/c1-9(2)19-12(7-8-23-3)18-15-14(16(19)20)13-10(17(21)22)5-4-6-11(13)24-15/h9-10H,4-8H2,1-3H3,(H,21,22). The lowest BCUT2D eigenvalue weighted by molar-refractivity contribution is -0.139. The Hall–Kier alpha value is -1.73. The van der Waals surface area contributed by atoms with Crippen LogP contribution in [-0.4, -0.2) is 34.3 Å². The molecule has 3 rings (SSSR count). The van der Waals surface area contributed by atoms with Crippen molar-refractivity contribution in [3.05, 3.63) is 26.6 Å². The highest BCUT2D eigenvalue weighted by Gasteiger charge is 2.32. The zero-order valence-corrected chi connectivity index (χ0v) is 15.0. The lowest BCUT2D eigenvalue weighted by Gasteiger charge is -2.20. The van der Waals surface area contributed by atoms with Crippen LogP contribution in [0.3, 0.4) is 0 Å². The molecule has 1 aliphatic carbocycles. The van der Waals surface area contributed by atoms with Crippen molar-refractivity contribution in [2.75, 3.05) is 13.7 Å². The summed E-state index contributed by atoms with van der Waals surface area (Å²) in [6.07, 6.45) is 2.81. The fourth-order valence-electron chi connectivity index (χ4n) is 3.49. The molecule has 1 aliphatic rings. The van der Waals surface area contributed by atoms with Crippen molar-refractivity contribution in [3.63, 3.8) is 0 Å². The van der Waals surface area contributed by atoms with Crippen LogP contribution in [0.4, 0.5) is 0 Å². The highest BCUT2D eigenvalue weighted by Crippen LogP contribution is 2.40. The number of carboxylic acids is 1. The van der Waals surface area contributed by atoms with E-state index in [9.17, 15) is 14.7 Å².